The highest BCUT2D eigenvalue weighted by Gasteiger charge is 2.23. The maximum absolute atomic E-state index is 12.4. The Morgan fingerprint density at radius 1 is 1.30 bits per heavy atom. The first kappa shape index (κ1) is 17.2. The summed E-state index contributed by atoms with van der Waals surface area (Å²) in [5, 5.41) is 11.1. The normalized spacial score (nSPS) is 10.7. The van der Waals surface area contributed by atoms with Crippen LogP contribution in [0.1, 0.15) is 34.8 Å². The average Bonchev–Trinajstić information content (AvgIpc) is 3.09. The van der Waals surface area contributed by atoms with Crippen LogP contribution in [0.5, 0.6) is 0 Å². The second-order valence-electron chi connectivity index (χ2n) is 5.06. The zero-order chi connectivity index (χ0) is 17.1. The first-order valence-corrected chi connectivity index (χ1v) is 8.00. The van der Waals surface area contributed by atoms with Gasteiger partial charge in [-0.2, -0.15) is 10.2 Å². The van der Waals surface area contributed by atoms with Crippen molar-refractivity contribution in [1.29, 1.82) is 0 Å². The van der Waals surface area contributed by atoms with Gasteiger partial charge >= 0.3 is 0 Å². The molecule has 0 saturated heterocycles. The van der Waals surface area contributed by atoms with E-state index in [1.54, 1.807) is 29.7 Å². The van der Waals surface area contributed by atoms with Crippen LogP contribution in [0.3, 0.4) is 0 Å². The van der Waals surface area contributed by atoms with Gasteiger partial charge < -0.3 is 10.2 Å². The molecule has 0 aromatic carbocycles. The minimum absolute atomic E-state index is 0.224. The summed E-state index contributed by atoms with van der Waals surface area (Å²) in [5.74, 6) is -0.620. The fourth-order valence-electron chi connectivity index (χ4n) is 2.05. The van der Waals surface area contributed by atoms with E-state index in [1.165, 1.54) is 11.1 Å². The van der Waals surface area contributed by atoms with Gasteiger partial charge in [0.05, 0.1) is 16.4 Å². The number of rotatable bonds is 5. The molecule has 8 nitrogen and oxygen atoms in total. The van der Waals surface area contributed by atoms with Gasteiger partial charge in [-0.25, -0.2) is 0 Å². The maximum Gasteiger partial charge on any atom is 0.277 e. The molecule has 0 aliphatic carbocycles. The van der Waals surface area contributed by atoms with Gasteiger partial charge in [0, 0.05) is 33.4 Å². The lowest BCUT2D eigenvalue weighted by Gasteiger charge is -2.13. The van der Waals surface area contributed by atoms with E-state index in [4.69, 9.17) is 0 Å². The Hall–Kier alpha value is -2.16. The first-order valence-electron chi connectivity index (χ1n) is 7.20. The van der Waals surface area contributed by atoms with Crippen molar-refractivity contribution in [3.05, 3.63) is 28.3 Å². The molecule has 2 heterocycles. The third-order valence-corrected chi connectivity index (χ3v) is 3.83. The predicted molar refractivity (Wildman–Crippen MR) is 89.5 cm³/mol. The van der Waals surface area contributed by atoms with Crippen LogP contribution in [0, 0.1) is 0 Å². The molecule has 2 aromatic heterocycles. The molecule has 23 heavy (non-hydrogen) atoms. The zero-order valence-electron chi connectivity index (χ0n) is 13.5. The lowest BCUT2D eigenvalue weighted by atomic mass is 10.3. The summed E-state index contributed by atoms with van der Waals surface area (Å²) in [6.07, 6.45) is 3.21. The Morgan fingerprint density at radius 2 is 2.00 bits per heavy atom. The number of carbonyl (C=O) groups excluding carboxylic acids is 2. The highest BCUT2D eigenvalue weighted by Crippen LogP contribution is 2.20. The Kier molecular flexibility index (Phi) is 5.19. The molecule has 124 valence electrons. The summed E-state index contributed by atoms with van der Waals surface area (Å²) in [7, 11) is 3.31. The SMILES string of the molecule is CCn1cc(Br)c(C(=O)Nc2cnn(CC)c2C(=O)N(C)C)n1. The number of nitrogens with one attached hydrogen (secondary N) is 1. The van der Waals surface area contributed by atoms with Crippen LogP contribution in [0.4, 0.5) is 5.69 Å². The van der Waals surface area contributed by atoms with Gasteiger partial charge in [-0.1, -0.05) is 0 Å². The molecule has 0 fully saturated rings. The van der Waals surface area contributed by atoms with E-state index in [0.717, 1.165) is 0 Å². The number of nitrogens with zero attached hydrogens (tertiary/aromatic N) is 5. The number of hydrogen-bond donors (Lipinski definition) is 1. The highest BCUT2D eigenvalue weighted by atomic mass is 79.9. The van der Waals surface area contributed by atoms with Gasteiger partial charge in [0.15, 0.2) is 5.69 Å². The Morgan fingerprint density at radius 3 is 2.52 bits per heavy atom. The molecule has 9 heteroatoms. The van der Waals surface area contributed by atoms with Crippen molar-refractivity contribution in [1.82, 2.24) is 24.5 Å². The number of carbonyl (C=O) groups is 2. The van der Waals surface area contributed by atoms with Crippen molar-refractivity contribution in [3.63, 3.8) is 0 Å². The van der Waals surface area contributed by atoms with E-state index in [1.807, 2.05) is 13.8 Å². The summed E-state index contributed by atoms with van der Waals surface area (Å²) in [5.41, 5.74) is 0.977. The number of anilines is 1. The summed E-state index contributed by atoms with van der Waals surface area (Å²) >= 11 is 3.32. The van der Waals surface area contributed by atoms with Gasteiger partial charge in [-0.05, 0) is 29.8 Å². The van der Waals surface area contributed by atoms with Crippen LogP contribution in [-0.4, -0.2) is 50.4 Å². The summed E-state index contributed by atoms with van der Waals surface area (Å²) in [6.45, 7) is 4.99. The van der Waals surface area contributed by atoms with Crippen molar-refractivity contribution < 1.29 is 9.59 Å². The second kappa shape index (κ2) is 6.95. The van der Waals surface area contributed by atoms with Crippen molar-refractivity contribution in [2.24, 2.45) is 0 Å². The molecule has 2 aromatic rings. The van der Waals surface area contributed by atoms with Crippen LogP contribution >= 0.6 is 15.9 Å². The van der Waals surface area contributed by atoms with E-state index in [0.29, 0.717) is 28.9 Å². The van der Waals surface area contributed by atoms with Crippen LogP contribution in [-0.2, 0) is 13.1 Å². The Balaban J connectivity index is 2.32. The molecule has 0 unspecified atom stereocenters. The van der Waals surface area contributed by atoms with Crippen LogP contribution in [0.2, 0.25) is 0 Å². The Labute approximate surface area is 142 Å². The molecule has 0 aliphatic heterocycles. The highest BCUT2D eigenvalue weighted by molar-refractivity contribution is 9.10. The van der Waals surface area contributed by atoms with Gasteiger partial charge in [0.2, 0.25) is 0 Å². The minimum atomic E-state index is -0.396. The summed E-state index contributed by atoms with van der Waals surface area (Å²) in [4.78, 5) is 26.2. The molecule has 0 bridgehead atoms. The number of halogens is 1. The van der Waals surface area contributed by atoms with E-state index in [-0.39, 0.29) is 11.6 Å². The monoisotopic (exact) mass is 382 g/mol. The minimum Gasteiger partial charge on any atom is -0.343 e. The average molecular weight is 383 g/mol. The third kappa shape index (κ3) is 3.44. The maximum atomic E-state index is 12.4. The molecule has 1 N–H and O–H groups in total. The van der Waals surface area contributed by atoms with Gasteiger partial charge in [-0.3, -0.25) is 19.0 Å². The number of amides is 2. The molecular formula is C14H19BrN6O2. The molecule has 2 amide bonds. The van der Waals surface area contributed by atoms with Crippen LogP contribution in [0.25, 0.3) is 0 Å². The molecule has 0 aliphatic rings. The fraction of sp³-hybridized carbons (Fsp3) is 0.429. The largest absolute Gasteiger partial charge is 0.343 e. The van der Waals surface area contributed by atoms with Crippen LogP contribution in [0.15, 0.2) is 16.9 Å². The summed E-state index contributed by atoms with van der Waals surface area (Å²) in [6, 6.07) is 0. The van der Waals surface area contributed by atoms with Crippen molar-refractivity contribution in [2.75, 3.05) is 19.4 Å². The fourth-order valence-corrected chi connectivity index (χ4v) is 2.54. The van der Waals surface area contributed by atoms with Gasteiger partial charge in [-0.15, -0.1) is 0 Å². The quantitative estimate of drug-likeness (QED) is 0.854. The number of hydrogen-bond acceptors (Lipinski definition) is 4. The standard InChI is InChI=1S/C14H19BrN6O2/c1-5-20-8-9(15)11(18-20)13(22)17-10-7-16-21(6-2)12(10)14(23)19(3)4/h7-8H,5-6H2,1-4H3,(H,17,22). The third-order valence-electron chi connectivity index (χ3n) is 3.25. The zero-order valence-corrected chi connectivity index (χ0v) is 15.1. The second-order valence-corrected chi connectivity index (χ2v) is 5.91. The lowest BCUT2D eigenvalue weighted by Crippen LogP contribution is -2.26. The summed E-state index contributed by atoms with van der Waals surface area (Å²) < 4.78 is 3.80. The van der Waals surface area contributed by atoms with Crippen molar-refractivity contribution in [2.45, 2.75) is 26.9 Å². The lowest BCUT2D eigenvalue weighted by molar-refractivity contribution is 0.0816. The van der Waals surface area contributed by atoms with Crippen LogP contribution < -0.4 is 5.32 Å². The molecule has 0 spiro atoms. The van der Waals surface area contributed by atoms with E-state index in [9.17, 15) is 9.59 Å². The number of aryl methyl sites for hydroxylation is 2. The van der Waals surface area contributed by atoms with Crippen molar-refractivity contribution >= 4 is 33.4 Å². The molecular weight excluding hydrogens is 364 g/mol. The Bertz CT molecular complexity index is 734. The molecule has 0 radical (unpaired) electrons. The molecule has 2 rings (SSSR count). The van der Waals surface area contributed by atoms with E-state index >= 15 is 0 Å². The van der Waals surface area contributed by atoms with E-state index < -0.39 is 5.91 Å². The first-order chi connectivity index (χ1) is 10.9. The van der Waals surface area contributed by atoms with Gasteiger partial charge in [0.25, 0.3) is 11.8 Å². The number of aromatic nitrogens is 4. The predicted octanol–water partition coefficient (Wildman–Crippen LogP) is 1.84. The van der Waals surface area contributed by atoms with E-state index in [2.05, 4.69) is 31.4 Å². The smallest absolute Gasteiger partial charge is 0.277 e. The topological polar surface area (TPSA) is 85.0 Å². The molecule has 0 saturated carbocycles. The molecule has 0 atom stereocenters. The van der Waals surface area contributed by atoms with Gasteiger partial charge in [0.1, 0.15) is 5.69 Å². The van der Waals surface area contributed by atoms with Crippen molar-refractivity contribution in [3.8, 4) is 0 Å².